The van der Waals surface area contributed by atoms with E-state index in [1.54, 1.807) is 0 Å². The van der Waals surface area contributed by atoms with Crippen LogP contribution in [0.3, 0.4) is 0 Å². The molecule has 0 aliphatic carbocycles. The molecule has 1 unspecified atom stereocenters. The van der Waals surface area contributed by atoms with Crippen molar-refractivity contribution in [2.45, 2.75) is 17.4 Å². The van der Waals surface area contributed by atoms with Crippen LogP contribution in [0.4, 0.5) is 4.39 Å². The number of likely N-dealkylation sites (N-methyl/N-ethyl adjacent to an activating group) is 1. The number of nitrogens with zero attached hydrogens (tertiary/aromatic N) is 1. The summed E-state index contributed by atoms with van der Waals surface area (Å²) in [6.45, 7) is 1.09. The van der Waals surface area contributed by atoms with Gasteiger partial charge in [0.2, 0.25) is 10.0 Å². The normalized spacial score (nSPS) is 19.3. The number of nitrogens with one attached hydrogen (secondary N) is 1. The summed E-state index contributed by atoms with van der Waals surface area (Å²) in [7, 11) is -1.82. The van der Waals surface area contributed by atoms with E-state index in [-0.39, 0.29) is 23.1 Å². The first-order chi connectivity index (χ1) is 9.92. The minimum Gasteiger partial charge on any atom is -0.384 e. The largest absolute Gasteiger partial charge is 0.384 e. The number of sulfonamides is 1. The topological polar surface area (TPSA) is 69.6 Å². The molecule has 0 amide bonds. The number of hydrogen-bond acceptors (Lipinski definition) is 4. The Labute approximate surface area is 123 Å². The molecular weight excluding hydrogens is 295 g/mol. The van der Waals surface area contributed by atoms with E-state index in [0.717, 1.165) is 19.0 Å². The predicted molar refractivity (Wildman–Crippen MR) is 76.6 cm³/mol. The maximum absolute atomic E-state index is 13.8. The second-order valence-electron chi connectivity index (χ2n) is 4.97. The first-order valence-corrected chi connectivity index (χ1v) is 8.01. The van der Waals surface area contributed by atoms with Gasteiger partial charge in [-0.3, -0.25) is 0 Å². The van der Waals surface area contributed by atoms with E-state index in [0.29, 0.717) is 6.54 Å². The fourth-order valence-electron chi connectivity index (χ4n) is 2.22. The lowest BCUT2D eigenvalue weighted by atomic mass is 10.2. The van der Waals surface area contributed by atoms with Gasteiger partial charge in [-0.25, -0.2) is 17.5 Å². The van der Waals surface area contributed by atoms with E-state index in [2.05, 4.69) is 16.6 Å². The average molecular weight is 312 g/mol. The molecule has 0 spiro atoms. The van der Waals surface area contributed by atoms with Gasteiger partial charge in [-0.05, 0) is 38.2 Å². The summed E-state index contributed by atoms with van der Waals surface area (Å²) in [6.07, 6.45) is 0.734. The highest BCUT2D eigenvalue weighted by atomic mass is 32.2. The number of aliphatic hydroxyl groups excluding tert-OH is 1. The van der Waals surface area contributed by atoms with Crippen molar-refractivity contribution in [3.63, 3.8) is 0 Å². The Balaban J connectivity index is 2.18. The van der Waals surface area contributed by atoms with E-state index in [1.165, 1.54) is 12.1 Å². The van der Waals surface area contributed by atoms with Gasteiger partial charge >= 0.3 is 0 Å². The van der Waals surface area contributed by atoms with Crippen molar-refractivity contribution in [3.8, 4) is 11.8 Å². The van der Waals surface area contributed by atoms with Crippen LogP contribution in [0.15, 0.2) is 23.1 Å². The highest BCUT2D eigenvalue weighted by Crippen LogP contribution is 2.16. The monoisotopic (exact) mass is 312 g/mol. The van der Waals surface area contributed by atoms with Crippen molar-refractivity contribution < 1.29 is 17.9 Å². The van der Waals surface area contributed by atoms with Crippen LogP contribution in [0.2, 0.25) is 0 Å². The molecule has 0 aromatic heterocycles. The lowest BCUT2D eigenvalue weighted by Gasteiger charge is -2.13. The lowest BCUT2D eigenvalue weighted by Crippen LogP contribution is -2.36. The summed E-state index contributed by atoms with van der Waals surface area (Å²) in [4.78, 5) is 1.91. The van der Waals surface area contributed by atoms with E-state index in [4.69, 9.17) is 5.11 Å². The maximum atomic E-state index is 13.8. The van der Waals surface area contributed by atoms with Gasteiger partial charge in [0.1, 0.15) is 12.4 Å². The second kappa shape index (κ2) is 6.54. The predicted octanol–water partition coefficient (Wildman–Crippen LogP) is 0.152. The van der Waals surface area contributed by atoms with Crippen LogP contribution in [-0.2, 0) is 10.0 Å². The van der Waals surface area contributed by atoms with Crippen LogP contribution in [0.1, 0.15) is 12.0 Å². The smallest absolute Gasteiger partial charge is 0.240 e. The molecule has 1 aliphatic rings. The number of rotatable bonds is 3. The first kappa shape index (κ1) is 15.9. The fourth-order valence-corrected chi connectivity index (χ4v) is 3.49. The molecule has 7 heteroatoms. The van der Waals surface area contributed by atoms with E-state index in [1.807, 2.05) is 11.9 Å². The third-order valence-corrected chi connectivity index (χ3v) is 4.78. The van der Waals surface area contributed by atoms with Gasteiger partial charge in [0.05, 0.1) is 10.5 Å². The molecule has 1 fully saturated rings. The molecule has 0 radical (unpaired) electrons. The van der Waals surface area contributed by atoms with Crippen molar-refractivity contribution in [3.05, 3.63) is 29.6 Å². The van der Waals surface area contributed by atoms with E-state index < -0.39 is 15.8 Å². The molecule has 1 aromatic rings. The second-order valence-corrected chi connectivity index (χ2v) is 6.68. The Hall–Kier alpha value is -1.46. The molecule has 1 heterocycles. The Morgan fingerprint density at radius 3 is 2.86 bits per heavy atom. The molecule has 1 aromatic carbocycles. The number of benzene rings is 1. The summed E-state index contributed by atoms with van der Waals surface area (Å²) in [6, 6.07) is 3.40. The van der Waals surface area contributed by atoms with Crippen molar-refractivity contribution in [1.29, 1.82) is 0 Å². The minimum atomic E-state index is -3.74. The zero-order valence-corrected chi connectivity index (χ0v) is 12.5. The van der Waals surface area contributed by atoms with Crippen molar-refractivity contribution in [2.24, 2.45) is 0 Å². The summed E-state index contributed by atoms with van der Waals surface area (Å²) >= 11 is 0. The average Bonchev–Trinajstić information content (AvgIpc) is 2.82. The lowest BCUT2D eigenvalue weighted by molar-refractivity contribution is 0.350. The molecule has 1 saturated heterocycles. The highest BCUT2D eigenvalue weighted by Gasteiger charge is 2.25. The Kier molecular flexibility index (Phi) is 4.96. The minimum absolute atomic E-state index is 0.0589. The summed E-state index contributed by atoms with van der Waals surface area (Å²) in [5.41, 5.74) is 0.0589. The van der Waals surface area contributed by atoms with Gasteiger partial charge in [-0.2, -0.15) is 0 Å². The highest BCUT2D eigenvalue weighted by molar-refractivity contribution is 7.89. The molecule has 0 saturated carbocycles. The molecule has 1 atom stereocenters. The van der Waals surface area contributed by atoms with Gasteiger partial charge in [0.25, 0.3) is 0 Å². The number of aliphatic hydroxyl groups is 1. The third-order valence-electron chi connectivity index (χ3n) is 3.27. The summed E-state index contributed by atoms with van der Waals surface area (Å²) in [5.74, 6) is 4.03. The molecule has 114 valence electrons. The van der Waals surface area contributed by atoms with Crippen LogP contribution < -0.4 is 4.72 Å². The molecule has 0 bridgehead atoms. The molecule has 5 nitrogen and oxygen atoms in total. The molecule has 1 aliphatic heterocycles. The fraction of sp³-hybridized carbons (Fsp3) is 0.429. The molecule has 2 N–H and O–H groups in total. The Morgan fingerprint density at radius 2 is 2.29 bits per heavy atom. The molecule has 21 heavy (non-hydrogen) atoms. The SMILES string of the molecule is CN1CCC(NS(=O)(=O)c2ccc(C#CCO)c(F)c2)C1. The van der Waals surface area contributed by atoms with Gasteiger partial charge in [-0.1, -0.05) is 11.8 Å². The van der Waals surface area contributed by atoms with Crippen LogP contribution in [0.25, 0.3) is 0 Å². The Morgan fingerprint density at radius 1 is 1.52 bits per heavy atom. The van der Waals surface area contributed by atoms with Gasteiger partial charge in [0.15, 0.2) is 0 Å². The molecular formula is C14H17FN2O3S. The van der Waals surface area contributed by atoms with E-state index in [9.17, 15) is 12.8 Å². The van der Waals surface area contributed by atoms with E-state index >= 15 is 0 Å². The van der Waals surface area contributed by atoms with Crippen molar-refractivity contribution in [1.82, 2.24) is 9.62 Å². The van der Waals surface area contributed by atoms with Gasteiger partial charge < -0.3 is 10.0 Å². The van der Waals surface area contributed by atoms with Crippen LogP contribution in [0, 0.1) is 17.7 Å². The van der Waals surface area contributed by atoms with Crippen molar-refractivity contribution >= 4 is 10.0 Å². The van der Waals surface area contributed by atoms with Gasteiger partial charge in [-0.15, -0.1) is 0 Å². The first-order valence-electron chi connectivity index (χ1n) is 6.52. The standard InChI is InChI=1S/C14H17FN2O3S/c1-17-7-6-12(10-17)16-21(19,20)13-5-4-11(3-2-8-18)14(15)9-13/h4-5,9,12,16,18H,6-8,10H2,1H3. The maximum Gasteiger partial charge on any atom is 0.240 e. The number of halogens is 1. The quantitative estimate of drug-likeness (QED) is 0.780. The van der Waals surface area contributed by atoms with Crippen LogP contribution >= 0.6 is 0 Å². The number of hydrogen-bond donors (Lipinski definition) is 2. The summed E-state index contributed by atoms with van der Waals surface area (Å²) in [5, 5.41) is 8.58. The molecule has 2 rings (SSSR count). The zero-order valence-electron chi connectivity index (χ0n) is 11.6. The third kappa shape index (κ3) is 4.02. The Bertz CT molecular complexity index is 679. The zero-order chi connectivity index (χ0) is 15.5. The summed E-state index contributed by atoms with van der Waals surface area (Å²) < 4.78 is 40.8. The van der Waals surface area contributed by atoms with Crippen LogP contribution in [-0.4, -0.2) is 51.2 Å². The van der Waals surface area contributed by atoms with Gasteiger partial charge in [0, 0.05) is 12.6 Å². The van der Waals surface area contributed by atoms with Crippen molar-refractivity contribution in [2.75, 3.05) is 26.7 Å². The number of likely N-dealkylation sites (tertiary alicyclic amines) is 1. The van der Waals surface area contributed by atoms with Crippen LogP contribution in [0.5, 0.6) is 0 Å².